The molecule has 0 aromatic carbocycles. The minimum atomic E-state index is -0.465. The summed E-state index contributed by atoms with van der Waals surface area (Å²) in [6, 6.07) is 0. The molecule has 7 nitrogen and oxygen atoms in total. The molecule has 118 valence electrons. The van der Waals surface area contributed by atoms with Crippen LogP contribution in [-0.4, -0.2) is 50.8 Å². The van der Waals surface area contributed by atoms with Gasteiger partial charge in [-0.05, 0) is 34.1 Å². The summed E-state index contributed by atoms with van der Waals surface area (Å²) in [4.78, 5) is 13.7. The summed E-state index contributed by atoms with van der Waals surface area (Å²) in [6.07, 6.45) is 0.586. The van der Waals surface area contributed by atoms with Gasteiger partial charge in [0.2, 0.25) is 0 Å². The van der Waals surface area contributed by atoms with Crippen LogP contribution in [0.25, 0.3) is 0 Å². The molecule has 0 bridgehead atoms. The maximum absolute atomic E-state index is 12.0. The zero-order valence-electron chi connectivity index (χ0n) is 13.4. The first-order valence-electron chi connectivity index (χ1n) is 7.21. The van der Waals surface area contributed by atoms with Gasteiger partial charge < -0.3 is 14.4 Å². The molecule has 0 saturated carbocycles. The molecule has 1 unspecified atom stereocenters. The highest BCUT2D eigenvalue weighted by Gasteiger charge is 2.30. The Balaban J connectivity index is 1.82. The van der Waals surface area contributed by atoms with Crippen LogP contribution in [-0.2, 0) is 23.1 Å². The standard InChI is InChI=1S/C14H24N4O3/c1-10-12(17(5)16-15-10)9-20-11-6-7-18(8-11)13(19)21-14(2,3)4/h11H,6-9H2,1-5H3. The summed E-state index contributed by atoms with van der Waals surface area (Å²) < 4.78 is 13.0. The molecule has 1 aromatic rings. The average molecular weight is 296 g/mol. The third-order valence-corrected chi connectivity index (χ3v) is 3.39. The van der Waals surface area contributed by atoms with Crippen molar-refractivity contribution in [2.24, 2.45) is 7.05 Å². The van der Waals surface area contributed by atoms with E-state index in [1.165, 1.54) is 0 Å². The van der Waals surface area contributed by atoms with Gasteiger partial charge in [0.1, 0.15) is 5.60 Å². The van der Waals surface area contributed by atoms with Crippen LogP contribution >= 0.6 is 0 Å². The summed E-state index contributed by atoms with van der Waals surface area (Å²) in [5, 5.41) is 7.94. The number of aryl methyl sites for hydroxylation is 2. The summed E-state index contributed by atoms with van der Waals surface area (Å²) in [5.74, 6) is 0. The maximum Gasteiger partial charge on any atom is 0.410 e. The minimum absolute atomic E-state index is 0.0341. The molecule has 1 aliphatic rings. The van der Waals surface area contributed by atoms with Crippen molar-refractivity contribution in [3.05, 3.63) is 11.4 Å². The van der Waals surface area contributed by atoms with Gasteiger partial charge in [0.25, 0.3) is 0 Å². The summed E-state index contributed by atoms with van der Waals surface area (Å²) in [5.41, 5.74) is 1.37. The van der Waals surface area contributed by atoms with Gasteiger partial charge in [-0.15, -0.1) is 5.10 Å². The Kier molecular flexibility index (Phi) is 4.51. The zero-order chi connectivity index (χ0) is 15.6. The Hall–Kier alpha value is -1.63. The number of rotatable bonds is 3. The Morgan fingerprint density at radius 1 is 1.43 bits per heavy atom. The van der Waals surface area contributed by atoms with Crippen LogP contribution in [0.3, 0.4) is 0 Å². The van der Waals surface area contributed by atoms with Crippen LogP contribution in [0.15, 0.2) is 0 Å². The van der Waals surface area contributed by atoms with E-state index >= 15 is 0 Å². The summed E-state index contributed by atoms with van der Waals surface area (Å²) >= 11 is 0. The monoisotopic (exact) mass is 296 g/mol. The average Bonchev–Trinajstić information content (AvgIpc) is 2.94. The van der Waals surface area contributed by atoms with E-state index in [0.29, 0.717) is 19.7 Å². The van der Waals surface area contributed by atoms with Crippen molar-refractivity contribution < 1.29 is 14.3 Å². The van der Waals surface area contributed by atoms with Crippen LogP contribution in [0, 0.1) is 6.92 Å². The molecule has 0 aliphatic carbocycles. The van der Waals surface area contributed by atoms with Gasteiger partial charge in [-0.25, -0.2) is 9.48 Å². The molecule has 21 heavy (non-hydrogen) atoms. The zero-order valence-corrected chi connectivity index (χ0v) is 13.4. The van der Waals surface area contributed by atoms with Crippen LogP contribution in [0.2, 0.25) is 0 Å². The molecule has 7 heteroatoms. The summed E-state index contributed by atoms with van der Waals surface area (Å²) in [7, 11) is 1.85. The number of hydrogen-bond acceptors (Lipinski definition) is 5. The molecule has 0 N–H and O–H groups in total. The number of ether oxygens (including phenoxy) is 2. The molecular weight excluding hydrogens is 272 g/mol. The number of likely N-dealkylation sites (tertiary alicyclic amines) is 1. The van der Waals surface area contributed by atoms with E-state index in [1.807, 2.05) is 34.7 Å². The van der Waals surface area contributed by atoms with Gasteiger partial charge in [0.15, 0.2) is 0 Å². The van der Waals surface area contributed by atoms with Gasteiger partial charge in [-0.1, -0.05) is 5.21 Å². The highest BCUT2D eigenvalue weighted by molar-refractivity contribution is 5.68. The lowest BCUT2D eigenvalue weighted by molar-refractivity contribution is 0.0174. The topological polar surface area (TPSA) is 69.5 Å². The summed E-state index contributed by atoms with van der Waals surface area (Å²) in [6.45, 7) is 9.21. The van der Waals surface area contributed by atoms with Crippen molar-refractivity contribution in [2.45, 2.75) is 52.4 Å². The fraction of sp³-hybridized carbons (Fsp3) is 0.786. The normalized spacial score (nSPS) is 19.1. The predicted octanol–water partition coefficient (Wildman–Crippen LogP) is 1.65. The van der Waals surface area contributed by atoms with Crippen molar-refractivity contribution >= 4 is 6.09 Å². The van der Waals surface area contributed by atoms with E-state index in [2.05, 4.69) is 10.3 Å². The van der Waals surface area contributed by atoms with Gasteiger partial charge in [0.05, 0.1) is 30.6 Å². The lowest BCUT2D eigenvalue weighted by atomic mass is 10.2. The van der Waals surface area contributed by atoms with E-state index in [0.717, 1.165) is 17.8 Å². The number of carbonyl (C=O) groups is 1. The Morgan fingerprint density at radius 3 is 2.71 bits per heavy atom. The largest absolute Gasteiger partial charge is 0.444 e. The number of hydrogen-bond donors (Lipinski definition) is 0. The van der Waals surface area contributed by atoms with Crippen LogP contribution < -0.4 is 0 Å². The lowest BCUT2D eigenvalue weighted by Gasteiger charge is -2.24. The van der Waals surface area contributed by atoms with Gasteiger partial charge >= 0.3 is 6.09 Å². The Labute approximate surface area is 125 Å². The second-order valence-electron chi connectivity index (χ2n) is 6.39. The van der Waals surface area contributed by atoms with Crippen molar-refractivity contribution in [3.8, 4) is 0 Å². The second kappa shape index (κ2) is 6.01. The fourth-order valence-electron chi connectivity index (χ4n) is 2.23. The molecule has 1 aliphatic heterocycles. The van der Waals surface area contributed by atoms with E-state index < -0.39 is 5.60 Å². The SMILES string of the molecule is Cc1nnn(C)c1COC1CCN(C(=O)OC(C)(C)C)C1. The molecule has 1 saturated heterocycles. The van der Waals surface area contributed by atoms with Crippen LogP contribution in [0.5, 0.6) is 0 Å². The molecule has 1 amide bonds. The fourth-order valence-corrected chi connectivity index (χ4v) is 2.23. The van der Waals surface area contributed by atoms with Crippen molar-refractivity contribution in [2.75, 3.05) is 13.1 Å². The highest BCUT2D eigenvalue weighted by atomic mass is 16.6. The Morgan fingerprint density at radius 2 is 2.14 bits per heavy atom. The van der Waals surface area contributed by atoms with Gasteiger partial charge in [-0.3, -0.25) is 0 Å². The number of nitrogens with zero attached hydrogens (tertiary/aromatic N) is 4. The highest BCUT2D eigenvalue weighted by Crippen LogP contribution is 2.18. The minimum Gasteiger partial charge on any atom is -0.444 e. The van der Waals surface area contributed by atoms with Crippen LogP contribution in [0.1, 0.15) is 38.6 Å². The van der Waals surface area contributed by atoms with E-state index in [9.17, 15) is 4.79 Å². The van der Waals surface area contributed by atoms with Crippen LogP contribution in [0.4, 0.5) is 4.79 Å². The second-order valence-corrected chi connectivity index (χ2v) is 6.39. The molecule has 2 rings (SSSR count). The third kappa shape index (κ3) is 4.17. The molecule has 1 atom stereocenters. The first-order chi connectivity index (χ1) is 9.76. The maximum atomic E-state index is 12.0. The molecule has 0 radical (unpaired) electrons. The number of carbonyl (C=O) groups excluding carboxylic acids is 1. The Bertz CT molecular complexity index is 487. The number of amides is 1. The quantitative estimate of drug-likeness (QED) is 0.848. The van der Waals surface area contributed by atoms with Gasteiger partial charge in [-0.2, -0.15) is 0 Å². The van der Waals surface area contributed by atoms with Gasteiger partial charge in [0, 0.05) is 13.6 Å². The number of aromatic nitrogens is 3. The van der Waals surface area contributed by atoms with E-state index in [4.69, 9.17) is 9.47 Å². The first-order valence-corrected chi connectivity index (χ1v) is 7.21. The third-order valence-electron chi connectivity index (χ3n) is 3.39. The first kappa shape index (κ1) is 15.8. The molecule has 2 heterocycles. The smallest absolute Gasteiger partial charge is 0.410 e. The molecular formula is C14H24N4O3. The molecule has 1 aromatic heterocycles. The van der Waals surface area contributed by atoms with E-state index in [-0.39, 0.29) is 12.2 Å². The predicted molar refractivity (Wildman–Crippen MR) is 76.7 cm³/mol. The molecule has 0 spiro atoms. The van der Waals surface area contributed by atoms with Crippen molar-refractivity contribution in [1.29, 1.82) is 0 Å². The van der Waals surface area contributed by atoms with Crippen molar-refractivity contribution in [3.63, 3.8) is 0 Å². The molecule has 1 fully saturated rings. The van der Waals surface area contributed by atoms with E-state index in [1.54, 1.807) is 9.58 Å². The van der Waals surface area contributed by atoms with Crippen molar-refractivity contribution in [1.82, 2.24) is 19.9 Å². The lowest BCUT2D eigenvalue weighted by Crippen LogP contribution is -2.36.